The van der Waals surface area contributed by atoms with Gasteiger partial charge in [0.25, 0.3) is 0 Å². The number of hydrogen-bond acceptors (Lipinski definition) is 3. The average Bonchev–Trinajstić information content (AvgIpc) is 2.92. The summed E-state index contributed by atoms with van der Waals surface area (Å²) in [6, 6.07) is 5.69. The quantitative estimate of drug-likeness (QED) is 0.873. The molecule has 7 nitrogen and oxygen atoms in total. The summed E-state index contributed by atoms with van der Waals surface area (Å²) in [4.78, 5) is 28.6. The van der Waals surface area contributed by atoms with Crippen LogP contribution in [-0.2, 0) is 4.79 Å². The van der Waals surface area contributed by atoms with Gasteiger partial charge in [-0.05, 0) is 57.9 Å². The van der Waals surface area contributed by atoms with Gasteiger partial charge in [0.05, 0.1) is 11.7 Å². The zero-order chi connectivity index (χ0) is 19.7. The molecule has 1 saturated heterocycles. The zero-order valence-corrected chi connectivity index (χ0v) is 16.6. The Morgan fingerprint density at radius 1 is 1.15 bits per heavy atom. The molecule has 0 saturated carbocycles. The standard InChI is InChI=1S/C20H27N5O2/c1-12-8-13(2)10-17(9-12)25-7-6-24(11-18(25)26)20(27)21-14(3)19-15(4)22-23-16(19)5/h8-10,14H,6-7,11H2,1-5H3,(H,21,27)(H,22,23)/t14-/m1/s1. The molecule has 3 rings (SSSR count). The van der Waals surface area contributed by atoms with Gasteiger partial charge in [-0.3, -0.25) is 9.89 Å². The van der Waals surface area contributed by atoms with Gasteiger partial charge < -0.3 is 15.1 Å². The first-order chi connectivity index (χ1) is 12.8. The SMILES string of the molecule is Cc1cc(C)cc(N2CCN(C(=O)N[C@H](C)c3c(C)n[nH]c3C)CC2=O)c1. The lowest BCUT2D eigenvalue weighted by Crippen LogP contribution is -2.55. The van der Waals surface area contributed by atoms with Crippen LogP contribution in [0.4, 0.5) is 10.5 Å². The fourth-order valence-electron chi connectivity index (χ4n) is 3.77. The lowest BCUT2D eigenvalue weighted by atomic mass is 10.1. The number of piperazine rings is 1. The van der Waals surface area contributed by atoms with Gasteiger partial charge in [-0.1, -0.05) is 6.07 Å². The molecule has 7 heteroatoms. The number of aromatic nitrogens is 2. The number of rotatable bonds is 3. The molecule has 27 heavy (non-hydrogen) atoms. The summed E-state index contributed by atoms with van der Waals surface area (Å²) < 4.78 is 0. The second kappa shape index (κ2) is 7.42. The van der Waals surface area contributed by atoms with Crippen LogP contribution in [0.15, 0.2) is 18.2 Å². The third kappa shape index (κ3) is 3.97. The maximum absolute atomic E-state index is 12.6. The summed E-state index contributed by atoms with van der Waals surface area (Å²) in [7, 11) is 0. The van der Waals surface area contributed by atoms with E-state index in [1.165, 1.54) is 0 Å². The van der Waals surface area contributed by atoms with Crippen LogP contribution >= 0.6 is 0 Å². The molecule has 1 aromatic carbocycles. The van der Waals surface area contributed by atoms with Gasteiger partial charge in [0.2, 0.25) is 5.91 Å². The number of benzene rings is 1. The van der Waals surface area contributed by atoms with Crippen molar-refractivity contribution < 1.29 is 9.59 Å². The molecular formula is C20H27N5O2. The molecule has 1 fully saturated rings. The Morgan fingerprint density at radius 3 is 2.37 bits per heavy atom. The second-order valence-corrected chi connectivity index (χ2v) is 7.33. The number of amides is 3. The predicted molar refractivity (Wildman–Crippen MR) is 105 cm³/mol. The number of carbonyl (C=O) groups excluding carboxylic acids is 2. The van der Waals surface area contributed by atoms with Crippen LogP contribution in [0.25, 0.3) is 0 Å². The van der Waals surface area contributed by atoms with E-state index in [-0.39, 0.29) is 24.5 Å². The first-order valence-electron chi connectivity index (χ1n) is 9.22. The topological polar surface area (TPSA) is 81.3 Å². The van der Waals surface area contributed by atoms with Gasteiger partial charge in [0.15, 0.2) is 0 Å². The Hall–Kier alpha value is -2.83. The monoisotopic (exact) mass is 369 g/mol. The molecule has 0 spiro atoms. The number of nitrogens with one attached hydrogen (secondary N) is 2. The predicted octanol–water partition coefficient (Wildman–Crippen LogP) is 2.76. The summed E-state index contributed by atoms with van der Waals surface area (Å²) in [5, 5.41) is 10.1. The van der Waals surface area contributed by atoms with Crippen LogP contribution < -0.4 is 10.2 Å². The number of aryl methyl sites for hydroxylation is 4. The zero-order valence-electron chi connectivity index (χ0n) is 16.6. The number of nitrogens with zero attached hydrogens (tertiary/aromatic N) is 3. The lowest BCUT2D eigenvalue weighted by molar-refractivity contribution is -0.120. The molecule has 0 aliphatic carbocycles. The molecule has 1 atom stereocenters. The molecule has 2 N–H and O–H groups in total. The smallest absolute Gasteiger partial charge is 0.318 e. The number of urea groups is 1. The summed E-state index contributed by atoms with van der Waals surface area (Å²) in [6.45, 7) is 10.9. The minimum Gasteiger partial charge on any atom is -0.331 e. The van der Waals surface area contributed by atoms with E-state index in [1.807, 2.05) is 46.8 Å². The van der Waals surface area contributed by atoms with Crippen LogP contribution in [0, 0.1) is 27.7 Å². The highest BCUT2D eigenvalue weighted by Crippen LogP contribution is 2.22. The van der Waals surface area contributed by atoms with Gasteiger partial charge in [-0.15, -0.1) is 0 Å². The summed E-state index contributed by atoms with van der Waals surface area (Å²) in [5.74, 6) is -0.0651. The molecule has 1 aliphatic rings. The van der Waals surface area contributed by atoms with Crippen molar-refractivity contribution in [1.29, 1.82) is 0 Å². The molecule has 0 unspecified atom stereocenters. The van der Waals surface area contributed by atoms with Gasteiger partial charge in [0, 0.05) is 30.0 Å². The summed E-state index contributed by atoms with van der Waals surface area (Å²) >= 11 is 0. The van der Waals surface area contributed by atoms with Crippen LogP contribution in [0.2, 0.25) is 0 Å². The van der Waals surface area contributed by atoms with E-state index in [4.69, 9.17) is 0 Å². The fraction of sp³-hybridized carbons (Fsp3) is 0.450. The van der Waals surface area contributed by atoms with Crippen molar-refractivity contribution in [3.63, 3.8) is 0 Å². The molecule has 2 heterocycles. The van der Waals surface area contributed by atoms with Crippen LogP contribution in [0.3, 0.4) is 0 Å². The maximum Gasteiger partial charge on any atom is 0.318 e. The van der Waals surface area contributed by atoms with Crippen molar-refractivity contribution in [2.45, 2.75) is 40.7 Å². The van der Waals surface area contributed by atoms with Crippen molar-refractivity contribution in [1.82, 2.24) is 20.4 Å². The molecule has 1 aromatic heterocycles. The van der Waals surface area contributed by atoms with E-state index >= 15 is 0 Å². The Balaban J connectivity index is 1.65. The molecular weight excluding hydrogens is 342 g/mol. The minimum absolute atomic E-state index is 0.0651. The van der Waals surface area contributed by atoms with Gasteiger partial charge in [0.1, 0.15) is 6.54 Å². The average molecular weight is 369 g/mol. The largest absolute Gasteiger partial charge is 0.331 e. The summed E-state index contributed by atoms with van der Waals surface area (Å²) in [6.07, 6.45) is 0. The van der Waals surface area contributed by atoms with E-state index in [2.05, 4.69) is 21.6 Å². The minimum atomic E-state index is -0.226. The number of aromatic amines is 1. The van der Waals surface area contributed by atoms with E-state index < -0.39 is 0 Å². The molecule has 144 valence electrons. The van der Waals surface area contributed by atoms with Gasteiger partial charge >= 0.3 is 6.03 Å². The number of H-pyrrole nitrogens is 1. The fourth-order valence-corrected chi connectivity index (χ4v) is 3.77. The van der Waals surface area contributed by atoms with Crippen molar-refractivity contribution >= 4 is 17.6 Å². The van der Waals surface area contributed by atoms with Crippen LogP contribution in [0.1, 0.15) is 41.0 Å². The van der Waals surface area contributed by atoms with Crippen LogP contribution in [-0.4, -0.2) is 46.7 Å². The number of carbonyl (C=O) groups is 2. The van der Waals surface area contributed by atoms with Gasteiger partial charge in [-0.25, -0.2) is 4.79 Å². The molecule has 0 radical (unpaired) electrons. The Morgan fingerprint density at radius 2 is 1.81 bits per heavy atom. The molecule has 0 bridgehead atoms. The second-order valence-electron chi connectivity index (χ2n) is 7.33. The number of anilines is 1. The molecule has 2 aromatic rings. The van der Waals surface area contributed by atoms with Gasteiger partial charge in [-0.2, -0.15) is 5.10 Å². The number of hydrogen-bond donors (Lipinski definition) is 2. The van der Waals surface area contributed by atoms with E-state index in [0.717, 1.165) is 33.8 Å². The van der Waals surface area contributed by atoms with Crippen LogP contribution in [0.5, 0.6) is 0 Å². The maximum atomic E-state index is 12.6. The third-order valence-electron chi connectivity index (χ3n) is 4.98. The lowest BCUT2D eigenvalue weighted by Gasteiger charge is -2.35. The molecule has 1 aliphatic heterocycles. The molecule has 3 amide bonds. The Kier molecular flexibility index (Phi) is 5.21. The normalized spacial score (nSPS) is 15.8. The van der Waals surface area contributed by atoms with E-state index in [1.54, 1.807) is 9.80 Å². The Labute approximate surface area is 159 Å². The highest BCUT2D eigenvalue weighted by Gasteiger charge is 2.29. The Bertz CT molecular complexity index is 834. The highest BCUT2D eigenvalue weighted by molar-refractivity contribution is 5.97. The first kappa shape index (κ1) is 18.9. The van der Waals surface area contributed by atoms with E-state index in [9.17, 15) is 9.59 Å². The van der Waals surface area contributed by atoms with Crippen molar-refractivity contribution in [3.8, 4) is 0 Å². The van der Waals surface area contributed by atoms with Crippen molar-refractivity contribution in [3.05, 3.63) is 46.3 Å². The van der Waals surface area contributed by atoms with Crippen molar-refractivity contribution in [2.75, 3.05) is 24.5 Å². The third-order valence-corrected chi connectivity index (χ3v) is 4.98. The highest BCUT2D eigenvalue weighted by atomic mass is 16.2. The van der Waals surface area contributed by atoms with E-state index in [0.29, 0.717) is 13.1 Å². The first-order valence-corrected chi connectivity index (χ1v) is 9.22. The van der Waals surface area contributed by atoms with Crippen molar-refractivity contribution in [2.24, 2.45) is 0 Å². The summed E-state index contributed by atoms with van der Waals surface area (Å²) in [5.41, 5.74) is 5.95.